The van der Waals surface area contributed by atoms with Crippen LogP contribution >= 0.6 is 0 Å². The fourth-order valence-corrected chi connectivity index (χ4v) is 2.28. The van der Waals surface area contributed by atoms with Crippen molar-refractivity contribution in [1.82, 2.24) is 10.2 Å². The number of hydrogen-bond acceptors (Lipinski definition) is 3. The van der Waals surface area contributed by atoms with Gasteiger partial charge in [-0.25, -0.2) is 4.79 Å². The van der Waals surface area contributed by atoms with E-state index in [1.807, 2.05) is 29.2 Å². The number of urea groups is 1. The summed E-state index contributed by atoms with van der Waals surface area (Å²) >= 11 is 0. The van der Waals surface area contributed by atoms with Crippen molar-refractivity contribution in [2.45, 2.75) is 13.0 Å². The van der Waals surface area contributed by atoms with Gasteiger partial charge >= 0.3 is 6.03 Å². The molecular formula is C14H21N3O2. The predicted octanol–water partition coefficient (Wildman–Crippen LogP) is 1.19. The Morgan fingerprint density at radius 2 is 2.42 bits per heavy atom. The molecule has 1 aliphatic heterocycles. The summed E-state index contributed by atoms with van der Waals surface area (Å²) in [5.41, 5.74) is 6.65. The van der Waals surface area contributed by atoms with Crippen LogP contribution in [0, 0.1) is 5.92 Å². The molecule has 0 aromatic heterocycles. The summed E-state index contributed by atoms with van der Waals surface area (Å²) in [7, 11) is 1.63. The number of benzene rings is 1. The van der Waals surface area contributed by atoms with Crippen molar-refractivity contribution in [3.63, 3.8) is 0 Å². The number of amides is 2. The lowest BCUT2D eigenvalue weighted by atomic mass is 10.1. The summed E-state index contributed by atoms with van der Waals surface area (Å²) in [6.07, 6.45) is 1.00. The Hall–Kier alpha value is -1.75. The van der Waals surface area contributed by atoms with Crippen LogP contribution in [0.15, 0.2) is 24.3 Å². The Bertz CT molecular complexity index is 436. The van der Waals surface area contributed by atoms with Gasteiger partial charge in [-0.3, -0.25) is 0 Å². The van der Waals surface area contributed by atoms with Crippen molar-refractivity contribution in [3.05, 3.63) is 29.8 Å². The molecule has 1 aromatic rings. The molecule has 3 N–H and O–H groups in total. The molecular weight excluding hydrogens is 242 g/mol. The lowest BCUT2D eigenvalue weighted by molar-refractivity contribution is 0.206. The van der Waals surface area contributed by atoms with Crippen molar-refractivity contribution >= 4 is 6.03 Å². The van der Waals surface area contributed by atoms with E-state index in [2.05, 4.69) is 5.32 Å². The molecule has 0 bridgehead atoms. The smallest absolute Gasteiger partial charge is 0.317 e. The molecule has 1 fully saturated rings. The third kappa shape index (κ3) is 3.61. The van der Waals surface area contributed by atoms with Gasteiger partial charge in [0, 0.05) is 19.6 Å². The molecule has 1 heterocycles. The van der Waals surface area contributed by atoms with E-state index in [0.29, 0.717) is 19.0 Å². The van der Waals surface area contributed by atoms with Crippen LogP contribution in [0.25, 0.3) is 0 Å². The fourth-order valence-electron chi connectivity index (χ4n) is 2.28. The van der Waals surface area contributed by atoms with Crippen LogP contribution in [0.4, 0.5) is 4.79 Å². The highest BCUT2D eigenvalue weighted by Crippen LogP contribution is 2.15. The molecule has 0 radical (unpaired) electrons. The Labute approximate surface area is 113 Å². The molecule has 0 aliphatic carbocycles. The van der Waals surface area contributed by atoms with Gasteiger partial charge in [-0.05, 0) is 36.6 Å². The molecule has 2 rings (SSSR count). The molecule has 104 valence electrons. The summed E-state index contributed by atoms with van der Waals surface area (Å²) in [5.74, 6) is 1.25. The highest BCUT2D eigenvalue weighted by atomic mass is 16.5. The third-order valence-corrected chi connectivity index (χ3v) is 3.48. The number of nitrogens with zero attached hydrogens (tertiary/aromatic N) is 1. The van der Waals surface area contributed by atoms with E-state index < -0.39 is 0 Å². The van der Waals surface area contributed by atoms with E-state index >= 15 is 0 Å². The minimum atomic E-state index is -0.0150. The lowest BCUT2D eigenvalue weighted by Gasteiger charge is -2.17. The molecule has 1 aliphatic rings. The predicted molar refractivity (Wildman–Crippen MR) is 74.0 cm³/mol. The van der Waals surface area contributed by atoms with E-state index in [1.165, 1.54) is 0 Å². The average molecular weight is 263 g/mol. The van der Waals surface area contributed by atoms with Crippen LogP contribution < -0.4 is 15.8 Å². The summed E-state index contributed by atoms with van der Waals surface area (Å²) < 4.78 is 5.15. The van der Waals surface area contributed by atoms with Gasteiger partial charge in [0.1, 0.15) is 5.75 Å². The van der Waals surface area contributed by atoms with E-state index in [4.69, 9.17) is 10.5 Å². The molecule has 19 heavy (non-hydrogen) atoms. The number of carbonyl (C=O) groups is 1. The minimum Gasteiger partial charge on any atom is -0.497 e. The number of nitrogens with one attached hydrogen (secondary N) is 1. The molecule has 5 heteroatoms. The number of likely N-dealkylation sites (tertiary alicyclic amines) is 1. The van der Waals surface area contributed by atoms with Crippen LogP contribution in [-0.2, 0) is 6.54 Å². The second-order valence-corrected chi connectivity index (χ2v) is 4.85. The molecule has 0 saturated carbocycles. The summed E-state index contributed by atoms with van der Waals surface area (Å²) in [5, 5.41) is 2.93. The van der Waals surface area contributed by atoms with Gasteiger partial charge in [-0.1, -0.05) is 12.1 Å². The molecule has 1 aromatic carbocycles. The molecule has 1 atom stereocenters. The average Bonchev–Trinajstić information content (AvgIpc) is 2.94. The normalized spacial score (nSPS) is 18.4. The quantitative estimate of drug-likeness (QED) is 0.857. The van der Waals surface area contributed by atoms with Gasteiger partial charge < -0.3 is 20.7 Å². The number of rotatable bonds is 4. The van der Waals surface area contributed by atoms with Crippen LogP contribution in [0.1, 0.15) is 12.0 Å². The number of nitrogens with two attached hydrogens (primary N) is 1. The summed E-state index contributed by atoms with van der Waals surface area (Å²) in [6, 6.07) is 7.68. The standard InChI is InChI=1S/C14H21N3O2/c1-19-13-4-2-3-11(7-13)9-16-14(18)17-6-5-12(8-15)10-17/h2-4,7,12H,5-6,8-10,15H2,1H3,(H,16,18)/t12-/m1/s1. The number of hydrogen-bond donors (Lipinski definition) is 2. The third-order valence-electron chi connectivity index (χ3n) is 3.48. The molecule has 1 saturated heterocycles. The first-order chi connectivity index (χ1) is 9.22. The zero-order chi connectivity index (χ0) is 13.7. The lowest BCUT2D eigenvalue weighted by Crippen LogP contribution is -2.38. The van der Waals surface area contributed by atoms with Gasteiger partial charge in [0.15, 0.2) is 0 Å². The van der Waals surface area contributed by atoms with Gasteiger partial charge in [-0.15, -0.1) is 0 Å². The largest absolute Gasteiger partial charge is 0.497 e. The summed E-state index contributed by atoms with van der Waals surface area (Å²) in [4.78, 5) is 13.8. The molecule has 0 spiro atoms. The Kier molecular flexibility index (Phi) is 4.63. The van der Waals surface area contributed by atoms with Crippen molar-refractivity contribution in [1.29, 1.82) is 0 Å². The maximum atomic E-state index is 12.0. The second-order valence-electron chi connectivity index (χ2n) is 4.85. The van der Waals surface area contributed by atoms with Gasteiger partial charge in [0.2, 0.25) is 0 Å². The van der Waals surface area contributed by atoms with E-state index in [9.17, 15) is 4.79 Å². The van der Waals surface area contributed by atoms with Crippen LogP contribution in [0.2, 0.25) is 0 Å². The zero-order valence-electron chi connectivity index (χ0n) is 11.3. The highest BCUT2D eigenvalue weighted by Gasteiger charge is 2.24. The second kappa shape index (κ2) is 6.43. The number of carbonyl (C=O) groups excluding carboxylic acids is 1. The Balaban J connectivity index is 1.83. The van der Waals surface area contributed by atoms with Crippen molar-refractivity contribution in [2.24, 2.45) is 11.7 Å². The SMILES string of the molecule is COc1cccc(CNC(=O)N2CC[C@H](CN)C2)c1. The first-order valence-electron chi connectivity index (χ1n) is 6.58. The van der Waals surface area contributed by atoms with Crippen LogP contribution in [-0.4, -0.2) is 37.7 Å². The van der Waals surface area contributed by atoms with Gasteiger partial charge in [0.25, 0.3) is 0 Å². The first-order valence-corrected chi connectivity index (χ1v) is 6.58. The Morgan fingerprint density at radius 1 is 1.58 bits per heavy atom. The van der Waals surface area contributed by atoms with Crippen LogP contribution in [0.5, 0.6) is 5.75 Å². The highest BCUT2D eigenvalue weighted by molar-refractivity contribution is 5.74. The maximum Gasteiger partial charge on any atom is 0.317 e. The number of ether oxygens (including phenoxy) is 1. The van der Waals surface area contributed by atoms with Crippen LogP contribution in [0.3, 0.4) is 0 Å². The molecule has 2 amide bonds. The van der Waals surface area contributed by atoms with E-state index in [-0.39, 0.29) is 6.03 Å². The van der Waals surface area contributed by atoms with Crippen molar-refractivity contribution < 1.29 is 9.53 Å². The number of methoxy groups -OCH3 is 1. The topological polar surface area (TPSA) is 67.6 Å². The monoisotopic (exact) mass is 263 g/mol. The van der Waals surface area contributed by atoms with E-state index in [0.717, 1.165) is 30.8 Å². The van der Waals surface area contributed by atoms with Crippen molar-refractivity contribution in [3.8, 4) is 5.75 Å². The first kappa shape index (κ1) is 13.7. The zero-order valence-corrected chi connectivity index (χ0v) is 11.3. The summed E-state index contributed by atoms with van der Waals surface area (Å²) in [6.45, 7) is 2.73. The fraction of sp³-hybridized carbons (Fsp3) is 0.500. The van der Waals surface area contributed by atoms with Gasteiger partial charge in [-0.2, -0.15) is 0 Å². The molecule has 0 unspecified atom stereocenters. The maximum absolute atomic E-state index is 12.0. The molecule has 5 nitrogen and oxygen atoms in total. The van der Waals surface area contributed by atoms with E-state index in [1.54, 1.807) is 7.11 Å². The minimum absolute atomic E-state index is 0.0150. The van der Waals surface area contributed by atoms with Gasteiger partial charge in [0.05, 0.1) is 7.11 Å². The van der Waals surface area contributed by atoms with Crippen molar-refractivity contribution in [2.75, 3.05) is 26.7 Å². The Morgan fingerprint density at radius 3 is 3.11 bits per heavy atom.